The van der Waals surface area contributed by atoms with Crippen LogP contribution in [0.4, 0.5) is 19.1 Å². The van der Waals surface area contributed by atoms with Crippen molar-refractivity contribution in [3.63, 3.8) is 0 Å². The number of aromatic nitrogens is 5. The fourth-order valence-corrected chi connectivity index (χ4v) is 4.40. The third kappa shape index (κ3) is 4.59. The second-order valence-electron chi connectivity index (χ2n) is 8.94. The third-order valence-electron chi connectivity index (χ3n) is 6.37. The molecule has 1 aliphatic carbocycles. The molecule has 0 spiro atoms. The molecule has 0 amide bonds. The van der Waals surface area contributed by atoms with Crippen molar-refractivity contribution < 1.29 is 22.6 Å². The summed E-state index contributed by atoms with van der Waals surface area (Å²) in [6.07, 6.45) is 2.36. The zero-order valence-electron chi connectivity index (χ0n) is 18.2. The third-order valence-corrected chi connectivity index (χ3v) is 6.37. The van der Waals surface area contributed by atoms with Gasteiger partial charge >= 0.3 is 6.18 Å². The number of fused-ring (bicyclic) bond motifs is 1. The summed E-state index contributed by atoms with van der Waals surface area (Å²) in [5, 5.41) is 11.8. The van der Waals surface area contributed by atoms with E-state index in [1.165, 1.54) is 0 Å². The predicted octanol–water partition coefficient (Wildman–Crippen LogP) is 4.23. The fraction of sp³-hybridized carbons (Fsp3) is 0.545. The van der Waals surface area contributed by atoms with Gasteiger partial charge in [0.05, 0.1) is 6.61 Å². The summed E-state index contributed by atoms with van der Waals surface area (Å²) < 4.78 is 53.3. The van der Waals surface area contributed by atoms with Crippen molar-refractivity contribution >= 4 is 11.6 Å². The number of pyridine rings is 1. The van der Waals surface area contributed by atoms with Crippen LogP contribution in [0.2, 0.25) is 0 Å². The summed E-state index contributed by atoms with van der Waals surface area (Å²) in [5.41, 5.74) is -0.786. The largest absolute Gasteiger partial charge is 0.474 e. The first-order valence-corrected chi connectivity index (χ1v) is 11.1. The molecule has 0 unspecified atom stereocenters. The molecule has 1 aliphatic heterocycles. The minimum Gasteiger partial charge on any atom is -0.474 e. The second kappa shape index (κ2) is 8.44. The molecule has 1 saturated carbocycles. The van der Waals surface area contributed by atoms with E-state index in [0.717, 1.165) is 49.8 Å². The van der Waals surface area contributed by atoms with Crippen LogP contribution in [0.1, 0.15) is 56.3 Å². The van der Waals surface area contributed by atoms with E-state index in [4.69, 9.17) is 9.47 Å². The van der Waals surface area contributed by atoms with Gasteiger partial charge in [0.1, 0.15) is 23.6 Å². The van der Waals surface area contributed by atoms with Gasteiger partial charge in [-0.2, -0.15) is 18.2 Å². The topological polar surface area (TPSA) is 86.5 Å². The molecule has 2 fully saturated rings. The van der Waals surface area contributed by atoms with E-state index in [1.54, 1.807) is 6.92 Å². The molecule has 33 heavy (non-hydrogen) atoms. The van der Waals surface area contributed by atoms with Crippen LogP contribution in [0.25, 0.3) is 5.65 Å². The highest BCUT2D eigenvalue weighted by molar-refractivity contribution is 5.38. The molecule has 5 rings (SSSR count). The molecule has 1 N–H and O–H groups in total. The molecule has 1 saturated heterocycles. The zero-order valence-corrected chi connectivity index (χ0v) is 18.2. The van der Waals surface area contributed by atoms with Crippen molar-refractivity contribution in [1.82, 2.24) is 24.6 Å². The molecule has 2 aliphatic rings. The van der Waals surface area contributed by atoms with E-state index >= 15 is 0 Å². The summed E-state index contributed by atoms with van der Waals surface area (Å²) in [4.78, 5) is 8.01. The molecule has 4 heterocycles. The lowest BCUT2D eigenvalue weighted by Crippen LogP contribution is -2.46. The van der Waals surface area contributed by atoms with Crippen LogP contribution in [0.15, 0.2) is 30.6 Å². The monoisotopic (exact) mass is 462 g/mol. The first kappa shape index (κ1) is 21.9. The van der Waals surface area contributed by atoms with Crippen molar-refractivity contribution in [2.45, 2.75) is 62.8 Å². The second-order valence-corrected chi connectivity index (χ2v) is 8.94. The van der Waals surface area contributed by atoms with Gasteiger partial charge in [-0.1, -0.05) is 12.5 Å². The average molecular weight is 462 g/mol. The van der Waals surface area contributed by atoms with Crippen LogP contribution < -0.4 is 10.1 Å². The number of ether oxygens (including phenoxy) is 2. The van der Waals surface area contributed by atoms with Gasteiger partial charge in [0.2, 0.25) is 11.8 Å². The van der Waals surface area contributed by atoms with E-state index < -0.39 is 23.2 Å². The summed E-state index contributed by atoms with van der Waals surface area (Å²) >= 11 is 0. The van der Waals surface area contributed by atoms with Gasteiger partial charge in [-0.3, -0.25) is 4.40 Å². The number of hydrogen-bond donors (Lipinski definition) is 1. The van der Waals surface area contributed by atoms with Gasteiger partial charge < -0.3 is 14.8 Å². The molecule has 0 bridgehead atoms. The smallest absolute Gasteiger partial charge is 0.423 e. The number of nitrogens with one attached hydrogen (secondary N) is 1. The molecule has 3 aromatic rings. The summed E-state index contributed by atoms with van der Waals surface area (Å²) in [5.74, 6) is 0.708. The van der Waals surface area contributed by atoms with Crippen molar-refractivity contribution in [2.24, 2.45) is 0 Å². The summed E-state index contributed by atoms with van der Waals surface area (Å²) in [6, 6.07) is 5.75. The van der Waals surface area contributed by atoms with E-state index in [9.17, 15) is 13.2 Å². The lowest BCUT2D eigenvalue weighted by atomic mass is 9.85. The van der Waals surface area contributed by atoms with E-state index in [0.29, 0.717) is 6.61 Å². The maximum absolute atomic E-state index is 13.5. The maximum Gasteiger partial charge on any atom is 0.423 e. The Labute approximate surface area is 188 Å². The summed E-state index contributed by atoms with van der Waals surface area (Å²) in [6.45, 7) is 2.38. The molecular weight excluding hydrogens is 437 g/mol. The normalized spacial score (nSPS) is 25.6. The Morgan fingerprint density at radius 1 is 1.27 bits per heavy atom. The van der Waals surface area contributed by atoms with Crippen LogP contribution in [-0.2, 0) is 10.9 Å². The zero-order chi connectivity index (χ0) is 23.1. The fourth-order valence-electron chi connectivity index (χ4n) is 4.40. The van der Waals surface area contributed by atoms with Crippen LogP contribution in [0, 0.1) is 0 Å². The molecule has 176 valence electrons. The van der Waals surface area contributed by atoms with E-state index in [2.05, 4.69) is 25.5 Å². The van der Waals surface area contributed by atoms with Crippen LogP contribution in [0.5, 0.6) is 5.88 Å². The number of rotatable bonds is 6. The van der Waals surface area contributed by atoms with Crippen LogP contribution >= 0.6 is 0 Å². The Balaban J connectivity index is 1.32. The Hall–Kier alpha value is -2.95. The van der Waals surface area contributed by atoms with Crippen LogP contribution in [0.3, 0.4) is 0 Å². The molecule has 3 atom stereocenters. The van der Waals surface area contributed by atoms with Gasteiger partial charge in [0.15, 0.2) is 5.65 Å². The lowest BCUT2D eigenvalue weighted by Gasteiger charge is -2.38. The van der Waals surface area contributed by atoms with Gasteiger partial charge in [-0.15, -0.1) is 10.2 Å². The van der Waals surface area contributed by atoms with Gasteiger partial charge in [-0.25, -0.2) is 4.98 Å². The number of anilines is 1. The first-order valence-electron chi connectivity index (χ1n) is 11.1. The molecule has 0 aromatic carbocycles. The number of alkyl halides is 3. The van der Waals surface area contributed by atoms with Crippen molar-refractivity contribution in [3.05, 3.63) is 42.0 Å². The molecule has 8 nitrogen and oxygen atoms in total. The molecule has 3 aromatic heterocycles. The average Bonchev–Trinajstić information content (AvgIpc) is 3.20. The van der Waals surface area contributed by atoms with Crippen molar-refractivity contribution in [1.29, 1.82) is 0 Å². The number of hydrogen-bond acceptors (Lipinski definition) is 7. The van der Waals surface area contributed by atoms with Crippen molar-refractivity contribution in [2.75, 3.05) is 18.5 Å². The highest BCUT2D eigenvalue weighted by Gasteiger charge is 2.39. The first-order chi connectivity index (χ1) is 15.8. The lowest BCUT2D eigenvalue weighted by molar-refractivity contribution is -0.157. The van der Waals surface area contributed by atoms with Crippen LogP contribution in [-0.4, -0.2) is 49.4 Å². The van der Waals surface area contributed by atoms with Gasteiger partial charge in [-0.05, 0) is 38.3 Å². The molecular formula is C22H25F3N6O2. The van der Waals surface area contributed by atoms with Crippen molar-refractivity contribution in [3.8, 4) is 5.88 Å². The number of halogens is 3. The van der Waals surface area contributed by atoms with E-state index in [1.807, 2.05) is 28.8 Å². The highest BCUT2D eigenvalue weighted by Crippen LogP contribution is 2.37. The Bertz CT molecular complexity index is 1130. The van der Waals surface area contributed by atoms with Gasteiger partial charge in [0.25, 0.3) is 0 Å². The maximum atomic E-state index is 13.5. The predicted molar refractivity (Wildman–Crippen MR) is 113 cm³/mol. The minimum atomic E-state index is -4.61. The minimum absolute atomic E-state index is 0.00199. The Kier molecular flexibility index (Phi) is 5.59. The molecule has 0 radical (unpaired) electrons. The quantitative estimate of drug-likeness (QED) is 0.587. The molecule has 11 heteroatoms. The van der Waals surface area contributed by atoms with E-state index in [-0.39, 0.29) is 24.5 Å². The SMILES string of the molecule is C[C@@]1(COc2nc(N[C@@H]3CCC[C@H](c4nnc5ccccn45)C3)ncc2C(F)(F)F)CCO1. The Morgan fingerprint density at radius 2 is 2.12 bits per heavy atom. The van der Waals surface area contributed by atoms with Gasteiger partial charge in [0, 0.05) is 30.8 Å². The number of nitrogens with zero attached hydrogens (tertiary/aromatic N) is 5. The Morgan fingerprint density at radius 3 is 2.88 bits per heavy atom. The summed E-state index contributed by atoms with van der Waals surface area (Å²) in [7, 11) is 0. The highest BCUT2D eigenvalue weighted by atomic mass is 19.4. The standard InChI is InChI=1S/C22H25F3N6O2/c1-21(8-10-33-21)13-32-19-16(22(23,24)25)12-26-20(28-19)27-15-6-4-5-14(11-15)18-30-29-17-7-2-3-9-31(17)18/h2-3,7,9,12,14-15H,4-6,8,10-11,13H2,1H3,(H,26,27,28)/t14-,15+,21-/m0/s1.